The van der Waals surface area contributed by atoms with Gasteiger partial charge in [-0.25, -0.2) is 4.79 Å². The zero-order valence-electron chi connectivity index (χ0n) is 14.4. The Hall–Kier alpha value is -0.900. The Morgan fingerprint density at radius 2 is 1.32 bits per heavy atom. The van der Waals surface area contributed by atoms with Gasteiger partial charge in [-0.2, -0.15) is 4.89 Å². The van der Waals surface area contributed by atoms with Crippen LogP contribution in [0.4, 0.5) is 0 Å². The normalized spacial score (nSPS) is 23.3. The van der Waals surface area contributed by atoms with Crippen LogP contribution < -0.4 is 0 Å². The van der Waals surface area contributed by atoms with Crippen LogP contribution in [-0.2, 0) is 19.4 Å². The lowest BCUT2D eigenvalue weighted by atomic mass is 10.1. The number of ketones is 1. The molecular weight excluding hydrogens is 280 g/mol. The lowest BCUT2D eigenvalue weighted by molar-refractivity contribution is -0.252. The molecule has 0 aromatic carbocycles. The smallest absolute Gasteiger partial charge is 0.290 e. The van der Waals surface area contributed by atoms with Gasteiger partial charge >= 0.3 is 5.97 Å². The highest BCUT2D eigenvalue weighted by molar-refractivity contribution is 6.35. The van der Waals surface area contributed by atoms with Gasteiger partial charge in [0.15, 0.2) is 0 Å². The summed E-state index contributed by atoms with van der Waals surface area (Å²) in [5, 5.41) is 0. The Kier molecular flexibility index (Phi) is 9.37. The molecule has 0 radical (unpaired) electrons. The van der Waals surface area contributed by atoms with E-state index in [9.17, 15) is 9.59 Å². The van der Waals surface area contributed by atoms with Crippen molar-refractivity contribution in [1.29, 1.82) is 0 Å². The van der Waals surface area contributed by atoms with Crippen LogP contribution in [0.25, 0.3) is 0 Å². The highest BCUT2D eigenvalue weighted by Gasteiger charge is 2.55. The Morgan fingerprint density at radius 1 is 0.818 bits per heavy atom. The quantitative estimate of drug-likeness (QED) is 0.218. The first kappa shape index (κ1) is 19.1. The SMILES string of the molecule is CCCCCCC1C(CCCCCC)C1C(=O)C(=O)OOC. The summed E-state index contributed by atoms with van der Waals surface area (Å²) in [6, 6.07) is 0. The van der Waals surface area contributed by atoms with Crippen LogP contribution in [0.15, 0.2) is 0 Å². The highest BCUT2D eigenvalue weighted by atomic mass is 17.2. The largest absolute Gasteiger partial charge is 0.408 e. The van der Waals surface area contributed by atoms with Crippen LogP contribution in [0.2, 0.25) is 0 Å². The second kappa shape index (κ2) is 10.8. The number of unbranched alkanes of at least 4 members (excludes halogenated alkanes) is 6. The summed E-state index contributed by atoms with van der Waals surface area (Å²) < 4.78 is 0. The number of carbonyl (C=O) groups is 2. The number of hydrogen-bond acceptors (Lipinski definition) is 4. The van der Waals surface area contributed by atoms with E-state index in [1.807, 2.05) is 0 Å². The predicted molar refractivity (Wildman–Crippen MR) is 86.1 cm³/mol. The minimum Gasteiger partial charge on any atom is -0.290 e. The van der Waals surface area contributed by atoms with Crippen molar-refractivity contribution in [3.8, 4) is 0 Å². The van der Waals surface area contributed by atoms with E-state index in [4.69, 9.17) is 0 Å². The molecule has 2 atom stereocenters. The first-order valence-corrected chi connectivity index (χ1v) is 8.96. The number of carbonyl (C=O) groups excluding carboxylic acids is 2. The minimum atomic E-state index is -0.831. The van der Waals surface area contributed by atoms with Crippen molar-refractivity contribution in [3.63, 3.8) is 0 Å². The maximum Gasteiger partial charge on any atom is 0.408 e. The molecule has 22 heavy (non-hydrogen) atoms. The first-order chi connectivity index (χ1) is 10.7. The van der Waals surface area contributed by atoms with Gasteiger partial charge in [0.25, 0.3) is 0 Å². The lowest BCUT2D eigenvalue weighted by Gasteiger charge is -2.00. The van der Waals surface area contributed by atoms with Crippen molar-refractivity contribution in [2.45, 2.75) is 78.1 Å². The molecule has 4 nitrogen and oxygen atoms in total. The molecule has 1 saturated carbocycles. The molecule has 1 aliphatic carbocycles. The van der Waals surface area contributed by atoms with Crippen LogP contribution in [0.5, 0.6) is 0 Å². The van der Waals surface area contributed by atoms with Crippen LogP contribution in [0.3, 0.4) is 0 Å². The van der Waals surface area contributed by atoms with Gasteiger partial charge in [0.2, 0.25) is 5.78 Å². The molecule has 0 spiro atoms. The van der Waals surface area contributed by atoms with Crippen LogP contribution in [0, 0.1) is 17.8 Å². The Balaban J connectivity index is 2.42. The lowest BCUT2D eigenvalue weighted by Crippen LogP contribution is -2.20. The third-order valence-electron chi connectivity index (χ3n) is 4.78. The van der Waals surface area contributed by atoms with Gasteiger partial charge in [0.1, 0.15) is 0 Å². The Morgan fingerprint density at radius 3 is 1.73 bits per heavy atom. The van der Waals surface area contributed by atoms with Gasteiger partial charge in [-0.05, 0) is 24.7 Å². The van der Waals surface area contributed by atoms with E-state index in [1.165, 1.54) is 45.6 Å². The molecule has 0 aromatic rings. The van der Waals surface area contributed by atoms with Gasteiger partial charge in [-0.3, -0.25) is 9.68 Å². The van der Waals surface area contributed by atoms with Crippen molar-refractivity contribution >= 4 is 11.8 Å². The summed E-state index contributed by atoms with van der Waals surface area (Å²) in [6.45, 7) is 4.39. The first-order valence-electron chi connectivity index (χ1n) is 8.96. The summed E-state index contributed by atoms with van der Waals surface area (Å²) in [6.07, 6.45) is 11.8. The van der Waals surface area contributed by atoms with Crippen molar-refractivity contribution in [2.24, 2.45) is 17.8 Å². The summed E-state index contributed by atoms with van der Waals surface area (Å²) in [5.41, 5.74) is 0. The average molecular weight is 312 g/mol. The molecule has 4 heteroatoms. The molecule has 0 heterocycles. The fourth-order valence-corrected chi connectivity index (χ4v) is 3.49. The number of hydrogen-bond donors (Lipinski definition) is 0. The van der Waals surface area contributed by atoms with Crippen molar-refractivity contribution < 1.29 is 19.4 Å². The second-order valence-corrected chi connectivity index (χ2v) is 6.45. The minimum absolute atomic E-state index is 0.120. The van der Waals surface area contributed by atoms with Gasteiger partial charge < -0.3 is 0 Å². The monoisotopic (exact) mass is 312 g/mol. The topological polar surface area (TPSA) is 52.6 Å². The fourth-order valence-electron chi connectivity index (χ4n) is 3.49. The summed E-state index contributed by atoms with van der Waals surface area (Å²) in [5.74, 6) is -0.568. The highest BCUT2D eigenvalue weighted by Crippen LogP contribution is 2.53. The maximum absolute atomic E-state index is 12.1. The van der Waals surface area contributed by atoms with Gasteiger partial charge in [0.05, 0.1) is 7.11 Å². The third kappa shape index (κ3) is 6.07. The van der Waals surface area contributed by atoms with Crippen molar-refractivity contribution in [3.05, 3.63) is 0 Å². The summed E-state index contributed by atoms with van der Waals surface area (Å²) in [7, 11) is 1.25. The molecule has 128 valence electrons. The third-order valence-corrected chi connectivity index (χ3v) is 4.78. The van der Waals surface area contributed by atoms with E-state index in [1.54, 1.807) is 0 Å². The van der Waals surface area contributed by atoms with Gasteiger partial charge in [-0.1, -0.05) is 65.2 Å². The van der Waals surface area contributed by atoms with E-state index in [0.717, 1.165) is 25.7 Å². The molecule has 2 unspecified atom stereocenters. The van der Waals surface area contributed by atoms with E-state index in [2.05, 4.69) is 23.6 Å². The molecule has 0 N–H and O–H groups in total. The molecule has 1 fully saturated rings. The molecule has 0 bridgehead atoms. The Bertz CT molecular complexity index is 322. The van der Waals surface area contributed by atoms with E-state index in [-0.39, 0.29) is 11.7 Å². The van der Waals surface area contributed by atoms with Crippen molar-refractivity contribution in [2.75, 3.05) is 7.11 Å². The van der Waals surface area contributed by atoms with Gasteiger partial charge in [0, 0.05) is 5.92 Å². The van der Waals surface area contributed by atoms with E-state index >= 15 is 0 Å². The Labute approximate surface area is 134 Å². The molecule has 0 aromatic heterocycles. The fraction of sp³-hybridized carbons (Fsp3) is 0.889. The second-order valence-electron chi connectivity index (χ2n) is 6.45. The van der Waals surface area contributed by atoms with Crippen LogP contribution in [0.1, 0.15) is 78.1 Å². The van der Waals surface area contributed by atoms with E-state index < -0.39 is 5.97 Å². The molecule has 1 rings (SSSR count). The zero-order valence-corrected chi connectivity index (χ0v) is 14.4. The molecule has 1 aliphatic rings. The van der Waals surface area contributed by atoms with Crippen LogP contribution in [-0.4, -0.2) is 18.9 Å². The number of rotatable bonds is 13. The molecule has 0 amide bonds. The molecular formula is C18H32O4. The van der Waals surface area contributed by atoms with E-state index in [0.29, 0.717) is 11.8 Å². The van der Waals surface area contributed by atoms with Crippen molar-refractivity contribution in [1.82, 2.24) is 0 Å². The summed E-state index contributed by atoms with van der Waals surface area (Å²) in [4.78, 5) is 32.4. The number of Topliss-reactive ketones (excluding diaryl/α,β-unsaturated/α-hetero) is 1. The molecule has 0 aliphatic heterocycles. The predicted octanol–water partition coefficient (Wildman–Crippen LogP) is 4.46. The molecule has 0 saturated heterocycles. The standard InChI is InChI=1S/C18H32O4/c1-4-6-8-10-12-14-15(13-11-9-7-5-2)16(14)17(19)18(20)22-21-3/h14-16H,4-13H2,1-3H3. The summed E-state index contributed by atoms with van der Waals surface area (Å²) >= 11 is 0. The zero-order chi connectivity index (χ0) is 16.4. The maximum atomic E-state index is 12.1. The van der Waals surface area contributed by atoms with Crippen LogP contribution >= 0.6 is 0 Å². The van der Waals surface area contributed by atoms with Gasteiger partial charge in [-0.15, -0.1) is 0 Å². The average Bonchev–Trinajstić information content (AvgIpc) is 3.20.